The Morgan fingerprint density at radius 2 is 2.19 bits per heavy atom. The molecule has 0 aromatic heterocycles. The van der Waals surface area contributed by atoms with Crippen LogP contribution in [0.2, 0.25) is 0 Å². The van der Waals surface area contributed by atoms with Gasteiger partial charge in [0, 0.05) is 12.6 Å². The van der Waals surface area contributed by atoms with Gasteiger partial charge in [0.15, 0.2) is 0 Å². The minimum Gasteiger partial charge on any atom is -0.315 e. The van der Waals surface area contributed by atoms with E-state index in [2.05, 4.69) is 35.8 Å². The summed E-state index contributed by atoms with van der Waals surface area (Å²) in [7, 11) is 0. The van der Waals surface area contributed by atoms with Crippen LogP contribution in [0.15, 0.2) is 0 Å². The Balaban J connectivity index is 2.22. The molecule has 1 fully saturated rings. The Labute approximate surface area is 106 Å². The van der Waals surface area contributed by atoms with Crippen molar-refractivity contribution in [1.82, 2.24) is 10.2 Å². The van der Waals surface area contributed by atoms with Gasteiger partial charge in [0.2, 0.25) is 0 Å². The highest BCUT2D eigenvalue weighted by Crippen LogP contribution is 2.12. The first-order valence-electron chi connectivity index (χ1n) is 6.91. The molecule has 2 nitrogen and oxygen atoms in total. The highest BCUT2D eigenvalue weighted by atomic mass is 32.2. The van der Waals surface area contributed by atoms with Crippen LogP contribution in [-0.2, 0) is 0 Å². The van der Waals surface area contributed by atoms with Gasteiger partial charge in [0.05, 0.1) is 0 Å². The number of thioether (sulfide) groups is 1. The lowest BCUT2D eigenvalue weighted by atomic mass is 10.1. The molecular weight excluding hydrogens is 216 g/mol. The van der Waals surface area contributed by atoms with Gasteiger partial charge < -0.3 is 5.32 Å². The van der Waals surface area contributed by atoms with Gasteiger partial charge >= 0.3 is 0 Å². The summed E-state index contributed by atoms with van der Waals surface area (Å²) < 4.78 is 0. The molecule has 1 atom stereocenters. The predicted molar refractivity (Wildman–Crippen MR) is 75.4 cm³/mol. The highest BCUT2D eigenvalue weighted by molar-refractivity contribution is 7.99. The molecule has 96 valence electrons. The van der Waals surface area contributed by atoms with E-state index in [1.54, 1.807) is 0 Å². The van der Waals surface area contributed by atoms with E-state index in [1.165, 1.54) is 63.4 Å². The summed E-state index contributed by atoms with van der Waals surface area (Å²) in [5, 5.41) is 3.53. The maximum atomic E-state index is 3.53. The lowest BCUT2D eigenvalue weighted by Crippen LogP contribution is -2.46. The van der Waals surface area contributed by atoms with Gasteiger partial charge in [-0.3, -0.25) is 4.90 Å². The molecule has 0 aliphatic carbocycles. The first-order valence-corrected chi connectivity index (χ1v) is 8.06. The monoisotopic (exact) mass is 244 g/mol. The molecule has 0 spiro atoms. The average molecular weight is 244 g/mol. The summed E-state index contributed by atoms with van der Waals surface area (Å²) in [6.45, 7) is 9.56. The zero-order valence-corrected chi connectivity index (χ0v) is 11.8. The Morgan fingerprint density at radius 1 is 1.31 bits per heavy atom. The Morgan fingerprint density at radius 3 is 2.81 bits per heavy atom. The Kier molecular flexibility index (Phi) is 8.34. The highest BCUT2D eigenvalue weighted by Gasteiger charge is 2.19. The number of nitrogens with zero attached hydrogens (tertiary/aromatic N) is 1. The zero-order valence-electron chi connectivity index (χ0n) is 11.0. The fourth-order valence-corrected chi connectivity index (χ4v) is 3.05. The first-order chi connectivity index (χ1) is 7.88. The summed E-state index contributed by atoms with van der Waals surface area (Å²) in [6.07, 6.45) is 5.40. The standard InChI is InChI=1S/C13H28N2S/c1-3-9-15(10-6-11-16-4-2)13-7-5-8-14-12-13/h13-14H,3-12H2,1-2H3. The van der Waals surface area contributed by atoms with Crippen LogP contribution in [0.3, 0.4) is 0 Å². The summed E-state index contributed by atoms with van der Waals surface area (Å²) >= 11 is 2.07. The molecule has 1 heterocycles. The van der Waals surface area contributed by atoms with Crippen LogP contribution in [0, 0.1) is 0 Å². The topological polar surface area (TPSA) is 15.3 Å². The number of hydrogen-bond acceptors (Lipinski definition) is 3. The average Bonchev–Trinajstić information content (AvgIpc) is 2.34. The molecule has 0 amide bonds. The quantitative estimate of drug-likeness (QED) is 0.661. The van der Waals surface area contributed by atoms with Gasteiger partial charge in [0.1, 0.15) is 0 Å². The second-order valence-corrected chi connectivity index (χ2v) is 5.98. The lowest BCUT2D eigenvalue weighted by molar-refractivity contribution is 0.166. The van der Waals surface area contributed by atoms with Crippen molar-refractivity contribution in [2.45, 2.75) is 45.6 Å². The summed E-state index contributed by atoms with van der Waals surface area (Å²) in [6, 6.07) is 0.806. The fourth-order valence-electron chi connectivity index (χ4n) is 2.42. The van der Waals surface area contributed by atoms with E-state index in [1.807, 2.05) is 0 Å². The van der Waals surface area contributed by atoms with Gasteiger partial charge in [-0.2, -0.15) is 11.8 Å². The lowest BCUT2D eigenvalue weighted by Gasteiger charge is -2.34. The minimum absolute atomic E-state index is 0.806. The molecule has 1 rings (SSSR count). The van der Waals surface area contributed by atoms with Gasteiger partial charge in [-0.05, 0) is 56.8 Å². The third-order valence-corrected chi connectivity index (χ3v) is 4.22. The van der Waals surface area contributed by atoms with Gasteiger partial charge in [-0.15, -0.1) is 0 Å². The number of piperidine rings is 1. The Bertz CT molecular complexity index is 158. The van der Waals surface area contributed by atoms with E-state index >= 15 is 0 Å². The molecule has 0 aromatic rings. The number of nitrogens with one attached hydrogen (secondary N) is 1. The second-order valence-electron chi connectivity index (χ2n) is 4.59. The maximum Gasteiger partial charge on any atom is 0.0221 e. The molecular formula is C13H28N2S. The van der Waals surface area contributed by atoms with E-state index in [-0.39, 0.29) is 0 Å². The fraction of sp³-hybridized carbons (Fsp3) is 1.00. The third kappa shape index (κ3) is 5.55. The number of hydrogen-bond donors (Lipinski definition) is 1. The molecule has 1 N–H and O–H groups in total. The van der Waals surface area contributed by atoms with Gasteiger partial charge in [-0.1, -0.05) is 13.8 Å². The predicted octanol–water partition coefficient (Wildman–Crippen LogP) is 2.59. The van der Waals surface area contributed by atoms with Crippen molar-refractivity contribution in [2.24, 2.45) is 0 Å². The van der Waals surface area contributed by atoms with Crippen molar-refractivity contribution in [3.63, 3.8) is 0 Å². The molecule has 1 aliphatic rings. The van der Waals surface area contributed by atoms with Gasteiger partial charge in [-0.25, -0.2) is 0 Å². The van der Waals surface area contributed by atoms with Crippen molar-refractivity contribution >= 4 is 11.8 Å². The van der Waals surface area contributed by atoms with Crippen LogP contribution in [0.5, 0.6) is 0 Å². The van der Waals surface area contributed by atoms with Crippen LogP contribution >= 0.6 is 11.8 Å². The molecule has 1 aliphatic heterocycles. The second kappa shape index (κ2) is 9.32. The smallest absolute Gasteiger partial charge is 0.0221 e. The van der Waals surface area contributed by atoms with Crippen molar-refractivity contribution in [3.8, 4) is 0 Å². The van der Waals surface area contributed by atoms with Crippen molar-refractivity contribution in [2.75, 3.05) is 37.7 Å². The summed E-state index contributed by atoms with van der Waals surface area (Å²) in [4.78, 5) is 2.71. The molecule has 0 aromatic carbocycles. The molecule has 3 heteroatoms. The van der Waals surface area contributed by atoms with E-state index in [0.29, 0.717) is 0 Å². The normalized spacial score (nSPS) is 21.6. The van der Waals surface area contributed by atoms with E-state index in [0.717, 1.165) is 6.04 Å². The van der Waals surface area contributed by atoms with Crippen LogP contribution in [0.1, 0.15) is 39.5 Å². The molecule has 1 saturated heterocycles. The van der Waals surface area contributed by atoms with Crippen LogP contribution in [-0.4, -0.2) is 48.6 Å². The number of rotatable bonds is 8. The first kappa shape index (κ1) is 14.3. The van der Waals surface area contributed by atoms with E-state index < -0.39 is 0 Å². The largest absolute Gasteiger partial charge is 0.315 e. The van der Waals surface area contributed by atoms with E-state index in [4.69, 9.17) is 0 Å². The van der Waals surface area contributed by atoms with Crippen LogP contribution in [0.25, 0.3) is 0 Å². The van der Waals surface area contributed by atoms with Crippen LogP contribution < -0.4 is 5.32 Å². The SMILES string of the molecule is CCCN(CCCSCC)C1CCCNC1. The molecule has 0 bridgehead atoms. The zero-order chi connectivity index (χ0) is 11.6. The molecule has 1 unspecified atom stereocenters. The molecule has 16 heavy (non-hydrogen) atoms. The third-order valence-electron chi connectivity index (χ3n) is 3.24. The summed E-state index contributed by atoms with van der Waals surface area (Å²) in [5.74, 6) is 2.59. The van der Waals surface area contributed by atoms with E-state index in [9.17, 15) is 0 Å². The maximum absolute atomic E-state index is 3.53. The van der Waals surface area contributed by atoms with Crippen molar-refractivity contribution < 1.29 is 0 Å². The molecule has 0 saturated carbocycles. The Hall–Kier alpha value is 0.270. The van der Waals surface area contributed by atoms with Crippen molar-refractivity contribution in [1.29, 1.82) is 0 Å². The van der Waals surface area contributed by atoms with Crippen molar-refractivity contribution in [3.05, 3.63) is 0 Å². The summed E-state index contributed by atoms with van der Waals surface area (Å²) in [5.41, 5.74) is 0. The minimum atomic E-state index is 0.806. The molecule has 0 radical (unpaired) electrons. The van der Waals surface area contributed by atoms with Gasteiger partial charge in [0.25, 0.3) is 0 Å². The van der Waals surface area contributed by atoms with Crippen LogP contribution in [0.4, 0.5) is 0 Å².